The maximum absolute atomic E-state index is 12.1. The molecule has 0 aromatic carbocycles. The summed E-state index contributed by atoms with van der Waals surface area (Å²) in [5, 5.41) is 6.40. The number of hydrogen-bond acceptors (Lipinski definition) is 2. The van der Waals surface area contributed by atoms with Crippen LogP contribution in [0.2, 0.25) is 0 Å². The monoisotopic (exact) mass is 249 g/mol. The second kappa shape index (κ2) is 6.59. The Morgan fingerprint density at radius 2 is 2.28 bits per heavy atom. The molecule has 100 valence electrons. The quantitative estimate of drug-likeness (QED) is 0.833. The van der Waals surface area contributed by atoms with Crippen molar-refractivity contribution >= 4 is 5.91 Å². The molecule has 1 aliphatic heterocycles. The summed E-state index contributed by atoms with van der Waals surface area (Å²) in [5.41, 5.74) is 0.783. The molecule has 0 spiro atoms. The molecule has 2 rings (SSSR count). The smallest absolute Gasteiger partial charge is 0.267 e. The number of rotatable bonds is 5. The van der Waals surface area contributed by atoms with E-state index in [0.717, 1.165) is 51.1 Å². The molecule has 1 saturated heterocycles. The van der Waals surface area contributed by atoms with Gasteiger partial charge in [-0.25, -0.2) is 0 Å². The molecule has 0 radical (unpaired) electrons. The summed E-state index contributed by atoms with van der Waals surface area (Å²) < 4.78 is 2.03. The molecular formula is C14H23N3O. The van der Waals surface area contributed by atoms with E-state index in [2.05, 4.69) is 17.6 Å². The lowest BCUT2D eigenvalue weighted by Crippen LogP contribution is -2.36. The number of nitrogens with one attached hydrogen (secondary N) is 2. The van der Waals surface area contributed by atoms with Crippen molar-refractivity contribution in [3.05, 3.63) is 24.0 Å². The van der Waals surface area contributed by atoms with Gasteiger partial charge in [0.25, 0.3) is 5.91 Å². The zero-order valence-electron chi connectivity index (χ0n) is 11.1. The van der Waals surface area contributed by atoms with E-state index in [1.807, 2.05) is 22.9 Å². The minimum atomic E-state index is 0.0620. The van der Waals surface area contributed by atoms with Crippen molar-refractivity contribution in [1.82, 2.24) is 15.2 Å². The van der Waals surface area contributed by atoms with Gasteiger partial charge in [0.2, 0.25) is 0 Å². The predicted octanol–water partition coefficient (Wildman–Crippen LogP) is 1.63. The third-order valence-corrected chi connectivity index (χ3v) is 3.54. The predicted molar refractivity (Wildman–Crippen MR) is 72.6 cm³/mol. The second-order valence-corrected chi connectivity index (χ2v) is 4.99. The Labute approximate surface area is 109 Å². The molecule has 1 aromatic rings. The van der Waals surface area contributed by atoms with Gasteiger partial charge in [-0.15, -0.1) is 0 Å². The molecular weight excluding hydrogens is 226 g/mol. The topological polar surface area (TPSA) is 46.1 Å². The minimum absolute atomic E-state index is 0.0620. The number of nitrogens with zero attached hydrogens (tertiary/aromatic N) is 1. The van der Waals surface area contributed by atoms with Crippen molar-refractivity contribution in [3.8, 4) is 0 Å². The first-order valence-electron chi connectivity index (χ1n) is 6.95. The van der Waals surface area contributed by atoms with Crippen LogP contribution in [0, 0.1) is 5.92 Å². The van der Waals surface area contributed by atoms with E-state index in [9.17, 15) is 4.79 Å². The van der Waals surface area contributed by atoms with Crippen LogP contribution in [0.4, 0.5) is 0 Å². The van der Waals surface area contributed by atoms with Crippen molar-refractivity contribution < 1.29 is 4.79 Å². The van der Waals surface area contributed by atoms with E-state index in [1.165, 1.54) is 0 Å². The van der Waals surface area contributed by atoms with Crippen molar-refractivity contribution in [2.75, 3.05) is 19.6 Å². The fourth-order valence-electron chi connectivity index (χ4n) is 2.47. The summed E-state index contributed by atoms with van der Waals surface area (Å²) in [4.78, 5) is 12.1. The van der Waals surface area contributed by atoms with E-state index in [0.29, 0.717) is 5.92 Å². The highest BCUT2D eigenvalue weighted by Crippen LogP contribution is 2.10. The maximum Gasteiger partial charge on any atom is 0.267 e. The molecule has 18 heavy (non-hydrogen) atoms. The largest absolute Gasteiger partial charge is 0.350 e. The fourth-order valence-corrected chi connectivity index (χ4v) is 2.47. The Bertz CT molecular complexity index is 380. The Morgan fingerprint density at radius 1 is 1.50 bits per heavy atom. The van der Waals surface area contributed by atoms with E-state index in [4.69, 9.17) is 0 Å². The highest BCUT2D eigenvalue weighted by molar-refractivity contribution is 5.92. The molecule has 0 aliphatic carbocycles. The van der Waals surface area contributed by atoms with Gasteiger partial charge in [0.15, 0.2) is 0 Å². The van der Waals surface area contributed by atoms with Gasteiger partial charge in [0, 0.05) is 19.3 Å². The first kappa shape index (κ1) is 13.1. The number of aryl methyl sites for hydroxylation is 1. The highest BCUT2D eigenvalue weighted by Gasteiger charge is 2.15. The number of carbonyl (C=O) groups is 1. The Hall–Kier alpha value is -1.29. The summed E-state index contributed by atoms with van der Waals surface area (Å²) in [7, 11) is 0. The first-order chi connectivity index (χ1) is 8.81. The number of amides is 1. The third kappa shape index (κ3) is 3.35. The lowest BCUT2D eigenvalue weighted by molar-refractivity contribution is 0.0935. The summed E-state index contributed by atoms with van der Waals surface area (Å²) in [6.45, 7) is 5.98. The van der Waals surface area contributed by atoms with Gasteiger partial charge in [0.05, 0.1) is 0 Å². The van der Waals surface area contributed by atoms with E-state index >= 15 is 0 Å². The van der Waals surface area contributed by atoms with Crippen LogP contribution in [-0.4, -0.2) is 30.1 Å². The molecule has 2 heterocycles. The standard InChI is InChI=1S/C14H23N3O/c1-2-9-17-10-3-4-13(17)14(18)16-11-12-5-7-15-8-6-12/h3-4,10,12,15H,2,5-9,11H2,1H3,(H,16,18). The van der Waals surface area contributed by atoms with E-state index in [-0.39, 0.29) is 5.91 Å². The zero-order chi connectivity index (χ0) is 12.8. The van der Waals surface area contributed by atoms with Crippen LogP contribution in [0.3, 0.4) is 0 Å². The Kier molecular flexibility index (Phi) is 4.81. The zero-order valence-corrected chi connectivity index (χ0v) is 11.1. The van der Waals surface area contributed by atoms with Crippen molar-refractivity contribution in [2.24, 2.45) is 5.92 Å². The van der Waals surface area contributed by atoms with Gasteiger partial charge in [-0.3, -0.25) is 4.79 Å². The number of piperidine rings is 1. The van der Waals surface area contributed by atoms with Gasteiger partial charge in [-0.2, -0.15) is 0 Å². The molecule has 1 fully saturated rings. The maximum atomic E-state index is 12.1. The molecule has 1 aliphatic rings. The van der Waals surface area contributed by atoms with Crippen molar-refractivity contribution in [3.63, 3.8) is 0 Å². The van der Waals surface area contributed by atoms with Crippen LogP contribution in [0.25, 0.3) is 0 Å². The lowest BCUT2D eigenvalue weighted by Gasteiger charge is -2.22. The summed E-state index contributed by atoms with van der Waals surface area (Å²) in [6.07, 6.45) is 5.35. The normalized spacial score (nSPS) is 16.7. The molecule has 0 saturated carbocycles. The molecule has 0 atom stereocenters. The fraction of sp³-hybridized carbons (Fsp3) is 0.643. The van der Waals surface area contributed by atoms with Crippen LogP contribution < -0.4 is 10.6 Å². The number of aromatic nitrogens is 1. The third-order valence-electron chi connectivity index (χ3n) is 3.54. The molecule has 4 nitrogen and oxygen atoms in total. The Morgan fingerprint density at radius 3 is 3.00 bits per heavy atom. The van der Waals surface area contributed by atoms with Crippen molar-refractivity contribution in [1.29, 1.82) is 0 Å². The average Bonchev–Trinajstić information content (AvgIpc) is 2.86. The molecule has 0 unspecified atom stereocenters. The molecule has 1 amide bonds. The minimum Gasteiger partial charge on any atom is -0.350 e. The van der Waals surface area contributed by atoms with E-state index in [1.54, 1.807) is 0 Å². The summed E-state index contributed by atoms with van der Waals surface area (Å²) in [5.74, 6) is 0.691. The molecule has 4 heteroatoms. The van der Waals surface area contributed by atoms with Gasteiger partial charge in [-0.1, -0.05) is 6.92 Å². The highest BCUT2D eigenvalue weighted by atomic mass is 16.1. The van der Waals surface area contributed by atoms with Crippen LogP contribution in [0.5, 0.6) is 0 Å². The van der Waals surface area contributed by atoms with Crippen LogP contribution in [0.1, 0.15) is 36.7 Å². The van der Waals surface area contributed by atoms with E-state index < -0.39 is 0 Å². The molecule has 2 N–H and O–H groups in total. The van der Waals surface area contributed by atoms with Gasteiger partial charge in [-0.05, 0) is 50.4 Å². The number of carbonyl (C=O) groups excluding carboxylic acids is 1. The van der Waals surface area contributed by atoms with Gasteiger partial charge >= 0.3 is 0 Å². The van der Waals surface area contributed by atoms with Gasteiger partial charge < -0.3 is 15.2 Å². The van der Waals surface area contributed by atoms with Crippen LogP contribution in [0.15, 0.2) is 18.3 Å². The van der Waals surface area contributed by atoms with Crippen molar-refractivity contribution in [2.45, 2.75) is 32.7 Å². The van der Waals surface area contributed by atoms with Crippen LogP contribution >= 0.6 is 0 Å². The summed E-state index contributed by atoms with van der Waals surface area (Å²) >= 11 is 0. The molecule has 0 bridgehead atoms. The number of hydrogen-bond donors (Lipinski definition) is 2. The molecule has 1 aromatic heterocycles. The summed E-state index contributed by atoms with van der Waals surface area (Å²) in [6, 6.07) is 3.84. The van der Waals surface area contributed by atoms with Crippen LogP contribution in [-0.2, 0) is 6.54 Å². The lowest BCUT2D eigenvalue weighted by atomic mass is 9.98. The first-order valence-corrected chi connectivity index (χ1v) is 6.95. The SMILES string of the molecule is CCCn1cccc1C(=O)NCC1CCNCC1. The Balaban J connectivity index is 1.84. The average molecular weight is 249 g/mol. The second-order valence-electron chi connectivity index (χ2n) is 4.99. The van der Waals surface area contributed by atoms with Gasteiger partial charge in [0.1, 0.15) is 5.69 Å².